The zero-order valence-corrected chi connectivity index (χ0v) is 12.8. The molecule has 5 nitrogen and oxygen atoms in total. The van der Waals surface area contributed by atoms with Crippen LogP contribution in [0.3, 0.4) is 0 Å². The molecule has 1 aliphatic heterocycles. The maximum Gasteiger partial charge on any atom is 0.239 e. The number of methoxy groups -OCH3 is 1. The van der Waals surface area contributed by atoms with Crippen LogP contribution in [0.25, 0.3) is 0 Å². The molecule has 0 aromatic heterocycles. The minimum atomic E-state index is -0.0299. The molecular weight excluding hydrogens is 242 g/mol. The second-order valence-corrected chi connectivity index (χ2v) is 5.63. The maximum atomic E-state index is 12.6. The Morgan fingerprint density at radius 3 is 2.47 bits per heavy atom. The highest BCUT2D eigenvalue weighted by Gasteiger charge is 2.26. The molecule has 5 heteroatoms. The molecule has 1 aliphatic rings. The van der Waals surface area contributed by atoms with Crippen LogP contribution in [-0.4, -0.2) is 74.7 Å². The Morgan fingerprint density at radius 1 is 1.32 bits per heavy atom. The third-order valence-corrected chi connectivity index (χ3v) is 3.52. The van der Waals surface area contributed by atoms with E-state index in [0.717, 1.165) is 32.7 Å². The Balaban J connectivity index is 2.56. The summed E-state index contributed by atoms with van der Waals surface area (Å²) in [5, 5.41) is 3.32. The highest BCUT2D eigenvalue weighted by molar-refractivity contribution is 5.81. The van der Waals surface area contributed by atoms with Crippen molar-refractivity contribution in [3.8, 4) is 0 Å². The number of carbonyl (C=O) groups is 1. The molecule has 1 fully saturated rings. The smallest absolute Gasteiger partial charge is 0.239 e. The van der Waals surface area contributed by atoms with Crippen molar-refractivity contribution in [3.05, 3.63) is 0 Å². The van der Waals surface area contributed by atoms with E-state index in [1.165, 1.54) is 0 Å². The van der Waals surface area contributed by atoms with Crippen LogP contribution >= 0.6 is 0 Å². The molecule has 0 bridgehead atoms. The Morgan fingerprint density at radius 2 is 1.95 bits per heavy atom. The van der Waals surface area contributed by atoms with Crippen molar-refractivity contribution in [2.24, 2.45) is 5.92 Å². The van der Waals surface area contributed by atoms with Crippen LogP contribution in [0.2, 0.25) is 0 Å². The van der Waals surface area contributed by atoms with Crippen LogP contribution < -0.4 is 5.32 Å². The molecule has 1 amide bonds. The second kappa shape index (κ2) is 8.51. The van der Waals surface area contributed by atoms with Gasteiger partial charge in [0.15, 0.2) is 0 Å². The fraction of sp³-hybridized carbons (Fsp3) is 0.929. The van der Waals surface area contributed by atoms with Crippen molar-refractivity contribution in [3.63, 3.8) is 0 Å². The molecule has 1 atom stereocenters. The third kappa shape index (κ3) is 5.47. The van der Waals surface area contributed by atoms with Gasteiger partial charge in [0, 0.05) is 46.4 Å². The van der Waals surface area contributed by atoms with Gasteiger partial charge in [-0.15, -0.1) is 0 Å². The zero-order chi connectivity index (χ0) is 14.3. The number of hydrogen-bond acceptors (Lipinski definition) is 4. The topological polar surface area (TPSA) is 44.8 Å². The van der Waals surface area contributed by atoms with Gasteiger partial charge in [0.05, 0.1) is 12.6 Å². The van der Waals surface area contributed by atoms with E-state index in [4.69, 9.17) is 4.74 Å². The quantitative estimate of drug-likeness (QED) is 0.728. The van der Waals surface area contributed by atoms with Gasteiger partial charge >= 0.3 is 0 Å². The van der Waals surface area contributed by atoms with Crippen LogP contribution in [0, 0.1) is 5.92 Å². The van der Waals surface area contributed by atoms with Gasteiger partial charge in [0.2, 0.25) is 5.91 Å². The molecule has 1 unspecified atom stereocenters. The first-order valence-corrected chi connectivity index (χ1v) is 7.28. The lowest BCUT2D eigenvalue weighted by Crippen LogP contribution is -2.54. The number of amides is 1. The summed E-state index contributed by atoms with van der Waals surface area (Å²) in [5.41, 5.74) is 0. The highest BCUT2D eigenvalue weighted by atomic mass is 16.5. The normalized spacial score (nSPS) is 18.6. The molecule has 0 aromatic carbocycles. The number of carbonyl (C=O) groups excluding carboxylic acids is 1. The van der Waals surface area contributed by atoms with Crippen molar-refractivity contribution in [1.82, 2.24) is 15.1 Å². The minimum absolute atomic E-state index is 0.0299. The molecule has 0 aromatic rings. The number of piperazine rings is 1. The van der Waals surface area contributed by atoms with Gasteiger partial charge in [0.1, 0.15) is 0 Å². The first kappa shape index (κ1) is 16.4. The zero-order valence-electron chi connectivity index (χ0n) is 12.8. The molecule has 112 valence electrons. The maximum absolute atomic E-state index is 12.6. The lowest BCUT2D eigenvalue weighted by molar-refractivity contribution is -0.137. The number of ether oxygens (including phenoxy) is 1. The molecule has 1 rings (SSSR count). The summed E-state index contributed by atoms with van der Waals surface area (Å²) in [6.07, 6.45) is 0. The van der Waals surface area contributed by atoms with Gasteiger partial charge in [0.25, 0.3) is 0 Å². The van der Waals surface area contributed by atoms with E-state index in [-0.39, 0.29) is 11.9 Å². The number of nitrogens with zero attached hydrogens (tertiary/aromatic N) is 2. The van der Waals surface area contributed by atoms with Gasteiger partial charge in [-0.2, -0.15) is 0 Å². The van der Waals surface area contributed by atoms with Gasteiger partial charge in [-0.1, -0.05) is 13.8 Å². The second-order valence-electron chi connectivity index (χ2n) is 5.63. The van der Waals surface area contributed by atoms with E-state index >= 15 is 0 Å². The van der Waals surface area contributed by atoms with Crippen LogP contribution in [0.1, 0.15) is 20.8 Å². The number of hydrogen-bond donors (Lipinski definition) is 1. The SMILES string of the molecule is COCCN(CC(C)C)C(=O)C(C)N1CCNCC1. The molecule has 19 heavy (non-hydrogen) atoms. The van der Waals surface area contributed by atoms with Gasteiger partial charge in [-0.25, -0.2) is 0 Å². The van der Waals surface area contributed by atoms with Crippen molar-refractivity contribution < 1.29 is 9.53 Å². The minimum Gasteiger partial charge on any atom is -0.383 e. The lowest BCUT2D eigenvalue weighted by atomic mass is 10.1. The van der Waals surface area contributed by atoms with Gasteiger partial charge in [-0.05, 0) is 12.8 Å². The van der Waals surface area contributed by atoms with E-state index in [9.17, 15) is 4.79 Å². The summed E-state index contributed by atoms with van der Waals surface area (Å²) in [5.74, 6) is 0.712. The predicted molar refractivity (Wildman–Crippen MR) is 77.2 cm³/mol. The summed E-state index contributed by atoms with van der Waals surface area (Å²) in [6.45, 7) is 12.2. The van der Waals surface area contributed by atoms with Gasteiger partial charge in [-0.3, -0.25) is 9.69 Å². The molecule has 0 radical (unpaired) electrons. The van der Waals surface area contributed by atoms with E-state index < -0.39 is 0 Å². The number of rotatable bonds is 7. The fourth-order valence-electron chi connectivity index (χ4n) is 2.42. The fourth-order valence-corrected chi connectivity index (χ4v) is 2.42. The van der Waals surface area contributed by atoms with E-state index in [2.05, 4.69) is 24.1 Å². The highest BCUT2D eigenvalue weighted by Crippen LogP contribution is 2.08. The average molecular weight is 271 g/mol. The van der Waals surface area contributed by atoms with Crippen LogP contribution in [0.4, 0.5) is 0 Å². The van der Waals surface area contributed by atoms with E-state index in [1.807, 2.05) is 11.8 Å². The molecule has 0 spiro atoms. The van der Waals surface area contributed by atoms with Crippen LogP contribution in [-0.2, 0) is 9.53 Å². The van der Waals surface area contributed by atoms with Crippen molar-refractivity contribution in [2.45, 2.75) is 26.8 Å². The Labute approximate surface area is 117 Å². The standard InChI is InChI=1S/C14H29N3O2/c1-12(2)11-17(9-10-19-4)14(18)13(3)16-7-5-15-6-8-16/h12-13,15H,5-11H2,1-4H3. The Kier molecular flexibility index (Phi) is 7.34. The van der Waals surface area contributed by atoms with Gasteiger partial charge < -0.3 is 15.0 Å². The summed E-state index contributed by atoms with van der Waals surface area (Å²) < 4.78 is 5.11. The summed E-state index contributed by atoms with van der Waals surface area (Å²) >= 11 is 0. The lowest BCUT2D eigenvalue weighted by Gasteiger charge is -2.35. The summed E-state index contributed by atoms with van der Waals surface area (Å²) in [7, 11) is 1.68. The van der Waals surface area contributed by atoms with Crippen molar-refractivity contribution in [1.29, 1.82) is 0 Å². The van der Waals surface area contributed by atoms with Crippen molar-refractivity contribution in [2.75, 3.05) is 53.0 Å². The predicted octanol–water partition coefficient (Wildman–Crippen LogP) is 0.411. The van der Waals surface area contributed by atoms with Crippen molar-refractivity contribution >= 4 is 5.91 Å². The molecule has 1 saturated heterocycles. The van der Waals surface area contributed by atoms with E-state index in [1.54, 1.807) is 7.11 Å². The monoisotopic (exact) mass is 271 g/mol. The molecule has 1 heterocycles. The molecule has 0 aliphatic carbocycles. The summed E-state index contributed by atoms with van der Waals surface area (Å²) in [4.78, 5) is 16.8. The largest absolute Gasteiger partial charge is 0.383 e. The van der Waals surface area contributed by atoms with Crippen LogP contribution in [0.15, 0.2) is 0 Å². The Hall–Kier alpha value is -0.650. The van der Waals surface area contributed by atoms with Crippen LogP contribution in [0.5, 0.6) is 0 Å². The first-order chi connectivity index (χ1) is 9.06. The third-order valence-electron chi connectivity index (χ3n) is 3.52. The average Bonchev–Trinajstić information content (AvgIpc) is 2.42. The number of nitrogens with one attached hydrogen (secondary N) is 1. The molecule has 0 saturated carbocycles. The molecule has 1 N–H and O–H groups in total. The molecular formula is C14H29N3O2. The Bertz CT molecular complexity index is 265. The first-order valence-electron chi connectivity index (χ1n) is 7.28. The summed E-state index contributed by atoms with van der Waals surface area (Å²) in [6, 6.07) is -0.0299. The van der Waals surface area contributed by atoms with E-state index in [0.29, 0.717) is 19.1 Å².